The smallest absolute Gasteiger partial charge is 0.0682 e. The molecule has 0 saturated carbocycles. The van der Waals surface area contributed by atoms with E-state index in [2.05, 4.69) is 29.6 Å². The molecule has 2 N–H and O–H groups in total. The van der Waals surface area contributed by atoms with Gasteiger partial charge in [0.1, 0.15) is 0 Å². The molecule has 3 rings (SSSR count). The molecule has 1 aliphatic rings. The highest BCUT2D eigenvalue weighted by Gasteiger charge is 2.10. The monoisotopic (exact) mass is 225 g/mol. The molecule has 0 aliphatic carbocycles. The summed E-state index contributed by atoms with van der Waals surface area (Å²) in [5.41, 5.74) is 6.00. The first-order chi connectivity index (χ1) is 8.36. The molecule has 2 aromatic rings. The second-order valence-electron chi connectivity index (χ2n) is 4.41. The van der Waals surface area contributed by atoms with Gasteiger partial charge in [-0.2, -0.15) is 0 Å². The quantitative estimate of drug-likeness (QED) is 0.823. The van der Waals surface area contributed by atoms with Gasteiger partial charge in [0.15, 0.2) is 0 Å². The molecule has 0 saturated heterocycles. The second-order valence-corrected chi connectivity index (χ2v) is 4.41. The van der Waals surface area contributed by atoms with Gasteiger partial charge in [-0.1, -0.05) is 24.3 Å². The Morgan fingerprint density at radius 1 is 1.06 bits per heavy atom. The van der Waals surface area contributed by atoms with Crippen molar-refractivity contribution in [1.82, 2.24) is 0 Å². The fourth-order valence-corrected chi connectivity index (χ4v) is 2.33. The predicted molar refractivity (Wildman–Crippen MR) is 70.0 cm³/mol. The molecule has 0 atom stereocenters. The van der Waals surface area contributed by atoms with Crippen molar-refractivity contribution in [3.63, 3.8) is 0 Å². The van der Waals surface area contributed by atoms with Crippen molar-refractivity contribution < 1.29 is 5.11 Å². The normalized spacial score (nSPS) is 13.2. The highest BCUT2D eigenvalue weighted by atomic mass is 16.3. The summed E-state index contributed by atoms with van der Waals surface area (Å²) in [5, 5.41) is 12.5. The Balaban J connectivity index is 2.03. The average molecular weight is 225 g/mol. The van der Waals surface area contributed by atoms with Crippen LogP contribution in [0.2, 0.25) is 0 Å². The summed E-state index contributed by atoms with van der Waals surface area (Å²) in [4.78, 5) is 0. The van der Waals surface area contributed by atoms with Crippen LogP contribution >= 0.6 is 0 Å². The van der Waals surface area contributed by atoms with Gasteiger partial charge < -0.3 is 10.4 Å². The minimum Gasteiger partial charge on any atom is -0.392 e. The van der Waals surface area contributed by atoms with E-state index in [0.717, 1.165) is 18.5 Å². The van der Waals surface area contributed by atoms with Crippen LogP contribution in [0.1, 0.15) is 11.1 Å². The van der Waals surface area contributed by atoms with Crippen LogP contribution in [0.25, 0.3) is 11.1 Å². The number of nitrogens with one attached hydrogen (secondary N) is 1. The van der Waals surface area contributed by atoms with Crippen molar-refractivity contribution in [2.24, 2.45) is 0 Å². The number of hydrogen-bond donors (Lipinski definition) is 2. The van der Waals surface area contributed by atoms with Crippen molar-refractivity contribution in [3.05, 3.63) is 53.6 Å². The molecule has 2 aromatic carbocycles. The number of fused-ring (bicyclic) bond motifs is 1. The average Bonchev–Trinajstić information content (AvgIpc) is 2.86. The van der Waals surface area contributed by atoms with E-state index in [1.165, 1.54) is 22.4 Å². The highest BCUT2D eigenvalue weighted by molar-refractivity contribution is 5.70. The van der Waals surface area contributed by atoms with Crippen LogP contribution in [-0.2, 0) is 13.0 Å². The summed E-state index contributed by atoms with van der Waals surface area (Å²) < 4.78 is 0. The van der Waals surface area contributed by atoms with Crippen LogP contribution in [0.15, 0.2) is 42.5 Å². The van der Waals surface area contributed by atoms with E-state index in [1.54, 1.807) is 0 Å². The van der Waals surface area contributed by atoms with E-state index in [1.807, 2.05) is 18.2 Å². The van der Waals surface area contributed by atoms with E-state index in [0.29, 0.717) is 0 Å². The lowest BCUT2D eigenvalue weighted by Crippen LogP contribution is -1.90. The molecule has 86 valence electrons. The summed E-state index contributed by atoms with van der Waals surface area (Å²) >= 11 is 0. The van der Waals surface area contributed by atoms with E-state index in [9.17, 15) is 0 Å². The Kier molecular flexibility index (Phi) is 2.57. The molecule has 0 unspecified atom stereocenters. The largest absolute Gasteiger partial charge is 0.392 e. The van der Waals surface area contributed by atoms with Crippen LogP contribution in [0.3, 0.4) is 0 Å². The molecular weight excluding hydrogens is 210 g/mol. The summed E-state index contributed by atoms with van der Waals surface area (Å²) in [5.74, 6) is 0. The molecule has 2 heteroatoms. The maximum absolute atomic E-state index is 9.15. The standard InChI is InChI=1S/C15H15NO/c17-10-11-2-1-3-12(8-11)13-4-5-15-14(9-13)6-7-16-15/h1-5,8-9,16-17H,6-7,10H2. The number of hydrogen-bond acceptors (Lipinski definition) is 2. The van der Waals surface area contributed by atoms with Gasteiger partial charge in [-0.05, 0) is 46.9 Å². The lowest BCUT2D eigenvalue weighted by atomic mass is 10.0. The minimum absolute atomic E-state index is 0.0976. The van der Waals surface area contributed by atoms with Gasteiger partial charge >= 0.3 is 0 Å². The maximum Gasteiger partial charge on any atom is 0.0682 e. The summed E-state index contributed by atoms with van der Waals surface area (Å²) in [7, 11) is 0. The molecule has 0 spiro atoms. The molecule has 0 bridgehead atoms. The lowest BCUT2D eigenvalue weighted by molar-refractivity contribution is 0.282. The Bertz CT molecular complexity index is 548. The van der Waals surface area contributed by atoms with Crippen LogP contribution < -0.4 is 5.32 Å². The van der Waals surface area contributed by atoms with E-state index in [4.69, 9.17) is 5.11 Å². The van der Waals surface area contributed by atoms with Gasteiger partial charge in [-0.15, -0.1) is 0 Å². The van der Waals surface area contributed by atoms with Crippen molar-refractivity contribution in [1.29, 1.82) is 0 Å². The zero-order chi connectivity index (χ0) is 11.7. The molecule has 0 aromatic heterocycles. The third-order valence-electron chi connectivity index (χ3n) is 3.26. The predicted octanol–water partition coefficient (Wildman–Crippen LogP) is 2.81. The summed E-state index contributed by atoms with van der Waals surface area (Å²) in [6.45, 7) is 1.13. The molecule has 1 aliphatic heterocycles. The first kappa shape index (κ1) is 10.4. The van der Waals surface area contributed by atoms with Crippen LogP contribution in [0.4, 0.5) is 5.69 Å². The molecule has 1 heterocycles. The first-order valence-corrected chi connectivity index (χ1v) is 5.94. The third-order valence-corrected chi connectivity index (χ3v) is 3.26. The number of benzene rings is 2. The zero-order valence-corrected chi connectivity index (χ0v) is 9.61. The second kappa shape index (κ2) is 4.22. The Hall–Kier alpha value is -1.80. The SMILES string of the molecule is OCc1cccc(-c2ccc3c(c2)CCN3)c1. The minimum atomic E-state index is 0.0976. The number of aliphatic hydroxyl groups excluding tert-OH is 1. The van der Waals surface area contributed by atoms with Crippen molar-refractivity contribution >= 4 is 5.69 Å². The first-order valence-electron chi connectivity index (χ1n) is 5.94. The topological polar surface area (TPSA) is 32.3 Å². The molecule has 0 fully saturated rings. The Morgan fingerprint density at radius 3 is 2.82 bits per heavy atom. The third kappa shape index (κ3) is 1.92. The summed E-state index contributed by atoms with van der Waals surface area (Å²) in [6.07, 6.45) is 1.10. The summed E-state index contributed by atoms with van der Waals surface area (Å²) in [6, 6.07) is 14.6. The maximum atomic E-state index is 9.15. The van der Waals surface area contributed by atoms with E-state index >= 15 is 0 Å². The van der Waals surface area contributed by atoms with Gasteiger partial charge in [-0.25, -0.2) is 0 Å². The van der Waals surface area contributed by atoms with Crippen LogP contribution in [-0.4, -0.2) is 11.7 Å². The van der Waals surface area contributed by atoms with Crippen molar-refractivity contribution in [2.75, 3.05) is 11.9 Å². The van der Waals surface area contributed by atoms with E-state index in [-0.39, 0.29) is 6.61 Å². The van der Waals surface area contributed by atoms with E-state index < -0.39 is 0 Å². The fraction of sp³-hybridized carbons (Fsp3) is 0.200. The van der Waals surface area contributed by atoms with Gasteiger partial charge in [-0.3, -0.25) is 0 Å². The number of rotatable bonds is 2. The molecular formula is C15H15NO. The lowest BCUT2D eigenvalue weighted by Gasteiger charge is -2.06. The van der Waals surface area contributed by atoms with Gasteiger partial charge in [0, 0.05) is 12.2 Å². The Labute approximate surface area is 101 Å². The molecule has 0 radical (unpaired) electrons. The highest BCUT2D eigenvalue weighted by Crippen LogP contribution is 2.28. The van der Waals surface area contributed by atoms with Crippen molar-refractivity contribution in [2.45, 2.75) is 13.0 Å². The van der Waals surface area contributed by atoms with Crippen LogP contribution in [0, 0.1) is 0 Å². The fourth-order valence-electron chi connectivity index (χ4n) is 2.33. The molecule has 0 amide bonds. The number of anilines is 1. The Morgan fingerprint density at radius 2 is 1.94 bits per heavy atom. The van der Waals surface area contributed by atoms with Gasteiger partial charge in [0.05, 0.1) is 6.61 Å². The van der Waals surface area contributed by atoms with Gasteiger partial charge in [0.2, 0.25) is 0 Å². The molecule has 17 heavy (non-hydrogen) atoms. The van der Waals surface area contributed by atoms with Crippen LogP contribution in [0.5, 0.6) is 0 Å². The van der Waals surface area contributed by atoms with Crippen molar-refractivity contribution in [3.8, 4) is 11.1 Å². The molecule has 2 nitrogen and oxygen atoms in total. The van der Waals surface area contributed by atoms with Gasteiger partial charge in [0.25, 0.3) is 0 Å². The zero-order valence-electron chi connectivity index (χ0n) is 9.61. The number of aliphatic hydroxyl groups is 1.